The van der Waals surface area contributed by atoms with Gasteiger partial charge in [0.15, 0.2) is 0 Å². The lowest BCUT2D eigenvalue weighted by Gasteiger charge is -2.12. The lowest BCUT2D eigenvalue weighted by atomic mass is 10.1. The lowest BCUT2D eigenvalue weighted by molar-refractivity contribution is -0.113. The third-order valence-corrected chi connectivity index (χ3v) is 5.40. The molecule has 130 valence electrons. The molecule has 1 aromatic heterocycles. The van der Waals surface area contributed by atoms with Crippen molar-refractivity contribution in [2.24, 2.45) is 0 Å². The summed E-state index contributed by atoms with van der Waals surface area (Å²) in [5, 5.41) is 0.820. The van der Waals surface area contributed by atoms with Gasteiger partial charge in [0.2, 0.25) is 0 Å². The Bertz CT molecular complexity index is 1050. The van der Waals surface area contributed by atoms with Crippen LogP contribution in [-0.4, -0.2) is 15.7 Å². The molecule has 0 unspecified atom stereocenters. The molecule has 5 heteroatoms. The summed E-state index contributed by atoms with van der Waals surface area (Å²) in [6, 6.07) is 15.5. The van der Waals surface area contributed by atoms with E-state index in [1.807, 2.05) is 49.5 Å². The van der Waals surface area contributed by atoms with Crippen molar-refractivity contribution in [3.8, 4) is 0 Å². The van der Waals surface area contributed by atoms with E-state index in [1.165, 1.54) is 4.90 Å². The lowest BCUT2D eigenvalue weighted by Crippen LogP contribution is -2.27. The zero-order chi connectivity index (χ0) is 18.3. The van der Waals surface area contributed by atoms with E-state index < -0.39 is 0 Å². The third-order valence-electron chi connectivity index (χ3n) is 4.53. The summed E-state index contributed by atoms with van der Waals surface area (Å²) in [5.41, 5.74) is 3.77. The van der Waals surface area contributed by atoms with Crippen LogP contribution in [0.15, 0.2) is 59.6 Å². The van der Waals surface area contributed by atoms with Crippen LogP contribution in [0.25, 0.3) is 17.0 Å². The summed E-state index contributed by atoms with van der Waals surface area (Å²) >= 11 is 0.990. The number of thioether (sulfide) groups is 1. The first-order chi connectivity index (χ1) is 12.6. The highest BCUT2D eigenvalue weighted by molar-refractivity contribution is 8.19. The fourth-order valence-corrected chi connectivity index (χ4v) is 4.01. The molecular weight excluding hydrogens is 344 g/mol. The molecule has 1 aliphatic heterocycles. The normalized spacial score (nSPS) is 16.2. The predicted octanol–water partition coefficient (Wildman–Crippen LogP) is 5.21. The van der Waals surface area contributed by atoms with Gasteiger partial charge in [0.1, 0.15) is 0 Å². The van der Waals surface area contributed by atoms with E-state index in [9.17, 15) is 9.59 Å². The molecule has 1 saturated heterocycles. The SMILES string of the molecule is CCn1cc(/C=C2\SC(=O)N(c3ccc(C)cc3)C2=O)c2ccccc21. The number of rotatable bonds is 3. The molecule has 1 fully saturated rings. The van der Waals surface area contributed by atoms with Crippen LogP contribution in [0.4, 0.5) is 10.5 Å². The topological polar surface area (TPSA) is 42.3 Å². The van der Waals surface area contributed by atoms with Gasteiger partial charge in [-0.3, -0.25) is 9.59 Å². The van der Waals surface area contributed by atoms with Crippen molar-refractivity contribution in [1.82, 2.24) is 4.57 Å². The van der Waals surface area contributed by atoms with Crippen LogP contribution < -0.4 is 4.90 Å². The van der Waals surface area contributed by atoms with Crippen molar-refractivity contribution in [2.75, 3.05) is 4.90 Å². The number of anilines is 1. The van der Waals surface area contributed by atoms with Gasteiger partial charge in [-0.25, -0.2) is 4.90 Å². The number of fused-ring (bicyclic) bond motifs is 1. The second kappa shape index (κ2) is 6.50. The van der Waals surface area contributed by atoms with Gasteiger partial charge in [0.05, 0.1) is 10.6 Å². The second-order valence-corrected chi connectivity index (χ2v) is 7.23. The molecule has 3 aromatic rings. The number of aromatic nitrogens is 1. The van der Waals surface area contributed by atoms with Gasteiger partial charge in [0.25, 0.3) is 11.1 Å². The van der Waals surface area contributed by atoms with E-state index >= 15 is 0 Å². The highest BCUT2D eigenvalue weighted by Crippen LogP contribution is 2.36. The van der Waals surface area contributed by atoms with Crippen molar-refractivity contribution < 1.29 is 9.59 Å². The molecule has 4 nitrogen and oxygen atoms in total. The standard InChI is InChI=1S/C21H18N2O2S/c1-3-22-13-15(17-6-4-5-7-18(17)22)12-19-20(24)23(21(25)26-19)16-10-8-14(2)9-11-16/h4-13H,3H2,1-2H3/b19-12-. The molecule has 2 aromatic carbocycles. The molecule has 4 rings (SSSR count). The number of hydrogen-bond acceptors (Lipinski definition) is 3. The van der Waals surface area contributed by atoms with Gasteiger partial charge in [-0.1, -0.05) is 35.9 Å². The van der Waals surface area contributed by atoms with Gasteiger partial charge >= 0.3 is 0 Å². The van der Waals surface area contributed by atoms with Gasteiger partial charge in [-0.2, -0.15) is 0 Å². The number of para-hydroxylation sites is 1. The first kappa shape index (κ1) is 16.7. The molecule has 2 heterocycles. The maximum absolute atomic E-state index is 12.8. The van der Waals surface area contributed by atoms with Crippen molar-refractivity contribution in [1.29, 1.82) is 0 Å². The summed E-state index contributed by atoms with van der Waals surface area (Å²) < 4.78 is 2.14. The van der Waals surface area contributed by atoms with E-state index in [1.54, 1.807) is 12.1 Å². The maximum Gasteiger partial charge on any atom is 0.298 e. The summed E-state index contributed by atoms with van der Waals surface area (Å²) in [5.74, 6) is -0.266. The molecule has 0 bridgehead atoms. The molecule has 2 amide bonds. The Morgan fingerprint density at radius 3 is 2.50 bits per heavy atom. The second-order valence-electron chi connectivity index (χ2n) is 6.24. The molecule has 0 saturated carbocycles. The van der Waals surface area contributed by atoms with Crippen LogP contribution in [0.3, 0.4) is 0 Å². The smallest absolute Gasteiger partial charge is 0.298 e. The van der Waals surface area contributed by atoms with Crippen molar-refractivity contribution >= 4 is 45.6 Å². The minimum atomic E-state index is -0.266. The number of carbonyl (C=O) groups is 2. The summed E-state index contributed by atoms with van der Waals surface area (Å²) in [6.07, 6.45) is 3.86. The highest BCUT2D eigenvalue weighted by Gasteiger charge is 2.36. The average molecular weight is 362 g/mol. The van der Waals surface area contributed by atoms with E-state index in [0.717, 1.165) is 40.3 Å². The number of amides is 2. The van der Waals surface area contributed by atoms with Crippen molar-refractivity contribution in [3.05, 3.63) is 70.8 Å². The van der Waals surface area contributed by atoms with E-state index in [2.05, 4.69) is 17.6 Å². The number of imide groups is 1. The average Bonchev–Trinajstić information content (AvgIpc) is 3.14. The predicted molar refractivity (Wildman–Crippen MR) is 107 cm³/mol. The van der Waals surface area contributed by atoms with Crippen LogP contribution in [0.5, 0.6) is 0 Å². The fourth-order valence-electron chi connectivity index (χ4n) is 3.18. The number of nitrogens with zero attached hydrogens (tertiary/aromatic N) is 2. The van der Waals surface area contributed by atoms with Gasteiger partial charge in [0, 0.05) is 29.2 Å². The molecule has 0 spiro atoms. The summed E-state index contributed by atoms with van der Waals surface area (Å²) in [6.45, 7) is 4.90. The van der Waals surface area contributed by atoms with Crippen LogP contribution in [0, 0.1) is 6.92 Å². The molecule has 0 radical (unpaired) electrons. The maximum atomic E-state index is 12.8. The van der Waals surface area contributed by atoms with Crippen molar-refractivity contribution in [2.45, 2.75) is 20.4 Å². The van der Waals surface area contributed by atoms with E-state index in [0.29, 0.717) is 10.6 Å². The Morgan fingerprint density at radius 2 is 1.77 bits per heavy atom. The molecule has 1 aliphatic rings. The van der Waals surface area contributed by atoms with Crippen LogP contribution in [0.1, 0.15) is 18.1 Å². The fraction of sp³-hybridized carbons (Fsp3) is 0.143. The van der Waals surface area contributed by atoms with Crippen LogP contribution in [0.2, 0.25) is 0 Å². The Morgan fingerprint density at radius 1 is 1.04 bits per heavy atom. The minimum absolute atomic E-state index is 0.260. The zero-order valence-corrected chi connectivity index (χ0v) is 15.4. The Kier molecular flexibility index (Phi) is 4.17. The van der Waals surface area contributed by atoms with Gasteiger partial charge < -0.3 is 4.57 Å². The molecular formula is C21H18N2O2S. The van der Waals surface area contributed by atoms with Gasteiger partial charge in [-0.05, 0) is 49.9 Å². The van der Waals surface area contributed by atoms with E-state index in [-0.39, 0.29) is 11.1 Å². The Balaban J connectivity index is 1.74. The van der Waals surface area contributed by atoms with Crippen LogP contribution >= 0.6 is 11.8 Å². The summed E-state index contributed by atoms with van der Waals surface area (Å²) in [7, 11) is 0. The third kappa shape index (κ3) is 2.74. The largest absolute Gasteiger partial charge is 0.347 e. The minimum Gasteiger partial charge on any atom is -0.347 e. The first-order valence-electron chi connectivity index (χ1n) is 8.51. The summed E-state index contributed by atoms with van der Waals surface area (Å²) in [4.78, 5) is 26.9. The molecule has 26 heavy (non-hydrogen) atoms. The number of carbonyl (C=O) groups excluding carboxylic acids is 2. The van der Waals surface area contributed by atoms with Gasteiger partial charge in [-0.15, -0.1) is 0 Å². The van der Waals surface area contributed by atoms with E-state index in [4.69, 9.17) is 0 Å². The highest BCUT2D eigenvalue weighted by atomic mass is 32.2. The molecule has 0 aliphatic carbocycles. The molecule has 0 atom stereocenters. The van der Waals surface area contributed by atoms with Crippen molar-refractivity contribution in [3.63, 3.8) is 0 Å². The number of benzene rings is 2. The van der Waals surface area contributed by atoms with Crippen LogP contribution in [-0.2, 0) is 11.3 Å². The Labute approximate surface area is 156 Å². The first-order valence-corrected chi connectivity index (χ1v) is 9.32. The monoisotopic (exact) mass is 362 g/mol. The zero-order valence-electron chi connectivity index (χ0n) is 14.6. The number of hydrogen-bond donors (Lipinski definition) is 0. The quantitative estimate of drug-likeness (QED) is 0.601. The molecule has 0 N–H and O–H groups in total. The Hall–Kier alpha value is -2.79. The number of aryl methyl sites for hydroxylation is 2.